The van der Waals surface area contributed by atoms with Crippen molar-refractivity contribution in [3.63, 3.8) is 0 Å². The highest BCUT2D eigenvalue weighted by Crippen LogP contribution is 2.30. The van der Waals surface area contributed by atoms with Crippen molar-refractivity contribution in [2.75, 3.05) is 32.8 Å². The molecule has 1 heterocycles. The summed E-state index contributed by atoms with van der Waals surface area (Å²) in [4.78, 5) is 2.74. The number of ether oxygens (including phenoxy) is 1. The molecule has 1 aliphatic carbocycles. The second-order valence-electron chi connectivity index (χ2n) is 7.33. The highest BCUT2D eigenvalue weighted by molar-refractivity contribution is 4.91. The Morgan fingerprint density at radius 3 is 2.57 bits per heavy atom. The molecule has 2 rings (SSSR count). The predicted octanol–water partition coefficient (Wildman–Crippen LogP) is 3.29. The lowest BCUT2D eigenvalue weighted by Crippen LogP contribution is -2.61. The van der Waals surface area contributed by atoms with Gasteiger partial charge < -0.3 is 10.1 Å². The van der Waals surface area contributed by atoms with E-state index >= 15 is 0 Å². The van der Waals surface area contributed by atoms with E-state index in [9.17, 15) is 0 Å². The smallest absolute Gasteiger partial charge is 0.0593 e. The highest BCUT2D eigenvalue weighted by Gasteiger charge is 2.34. The number of nitrogens with zero attached hydrogens (tertiary/aromatic N) is 1. The van der Waals surface area contributed by atoms with Crippen molar-refractivity contribution in [1.29, 1.82) is 0 Å². The Kier molecular flexibility index (Phi) is 7.48. The molecule has 2 atom stereocenters. The molecule has 1 aliphatic heterocycles. The van der Waals surface area contributed by atoms with Crippen molar-refractivity contribution in [3.8, 4) is 0 Å². The maximum atomic E-state index is 5.75. The molecule has 1 N–H and O–H groups in total. The molecule has 0 radical (unpaired) electrons. The monoisotopic (exact) mass is 296 g/mol. The predicted molar refractivity (Wildman–Crippen MR) is 89.7 cm³/mol. The van der Waals surface area contributed by atoms with Gasteiger partial charge >= 0.3 is 0 Å². The zero-order valence-electron chi connectivity index (χ0n) is 14.4. The number of nitrogens with one attached hydrogen (secondary N) is 1. The second kappa shape index (κ2) is 9.12. The van der Waals surface area contributed by atoms with Gasteiger partial charge in [-0.25, -0.2) is 0 Å². The zero-order valence-corrected chi connectivity index (χ0v) is 14.4. The van der Waals surface area contributed by atoms with Crippen LogP contribution in [0.4, 0.5) is 0 Å². The molecule has 21 heavy (non-hydrogen) atoms. The van der Waals surface area contributed by atoms with Gasteiger partial charge in [-0.15, -0.1) is 0 Å². The van der Waals surface area contributed by atoms with Gasteiger partial charge in [-0.3, -0.25) is 4.90 Å². The maximum absolute atomic E-state index is 5.75. The average molecular weight is 296 g/mol. The van der Waals surface area contributed by atoms with Gasteiger partial charge in [0.15, 0.2) is 0 Å². The first kappa shape index (κ1) is 17.2. The van der Waals surface area contributed by atoms with Gasteiger partial charge in [0.2, 0.25) is 0 Å². The molecule has 0 bridgehead atoms. The molecule has 3 nitrogen and oxygen atoms in total. The minimum absolute atomic E-state index is 0.649. The molecule has 0 aromatic rings. The summed E-state index contributed by atoms with van der Waals surface area (Å²) >= 11 is 0. The molecule has 3 heteroatoms. The summed E-state index contributed by atoms with van der Waals surface area (Å²) in [6.07, 6.45) is 8.33. The van der Waals surface area contributed by atoms with E-state index in [1.54, 1.807) is 0 Å². The molecule has 0 spiro atoms. The fourth-order valence-electron chi connectivity index (χ4n) is 3.97. The second-order valence-corrected chi connectivity index (χ2v) is 7.33. The number of hydrogen-bond donors (Lipinski definition) is 1. The first-order valence-electron chi connectivity index (χ1n) is 9.27. The Balaban J connectivity index is 1.89. The van der Waals surface area contributed by atoms with Gasteiger partial charge in [0.25, 0.3) is 0 Å². The SMILES string of the molecule is CCCOCCN1CC(C(C)C)NCC1C1CCCCC1. The lowest BCUT2D eigenvalue weighted by molar-refractivity contribution is 0.0299. The molecule has 2 fully saturated rings. The summed E-state index contributed by atoms with van der Waals surface area (Å²) in [6.45, 7) is 12.2. The largest absolute Gasteiger partial charge is 0.380 e. The van der Waals surface area contributed by atoms with E-state index in [0.717, 1.165) is 44.1 Å². The van der Waals surface area contributed by atoms with E-state index in [4.69, 9.17) is 4.74 Å². The quantitative estimate of drug-likeness (QED) is 0.730. The van der Waals surface area contributed by atoms with Crippen LogP contribution in [0.2, 0.25) is 0 Å². The minimum atomic E-state index is 0.649. The molecule has 124 valence electrons. The lowest BCUT2D eigenvalue weighted by Gasteiger charge is -2.46. The summed E-state index contributed by atoms with van der Waals surface area (Å²) in [5.74, 6) is 1.63. The molecule has 0 amide bonds. The summed E-state index contributed by atoms with van der Waals surface area (Å²) in [5, 5.41) is 3.82. The lowest BCUT2D eigenvalue weighted by atomic mass is 9.81. The Bertz CT molecular complexity index is 276. The van der Waals surface area contributed by atoms with Crippen molar-refractivity contribution in [2.45, 2.75) is 71.4 Å². The van der Waals surface area contributed by atoms with Crippen LogP contribution in [0, 0.1) is 11.8 Å². The van der Waals surface area contributed by atoms with Crippen LogP contribution in [-0.4, -0.2) is 49.8 Å². The fraction of sp³-hybridized carbons (Fsp3) is 1.00. The number of rotatable bonds is 7. The van der Waals surface area contributed by atoms with Gasteiger partial charge in [0.05, 0.1) is 6.61 Å². The van der Waals surface area contributed by atoms with Crippen molar-refractivity contribution < 1.29 is 4.74 Å². The van der Waals surface area contributed by atoms with Crippen LogP contribution in [0.5, 0.6) is 0 Å². The van der Waals surface area contributed by atoms with Gasteiger partial charge in [0, 0.05) is 38.3 Å². The van der Waals surface area contributed by atoms with Crippen LogP contribution in [0.25, 0.3) is 0 Å². The van der Waals surface area contributed by atoms with Crippen LogP contribution >= 0.6 is 0 Å². The molecule has 0 aromatic carbocycles. The molecule has 1 saturated carbocycles. The molecule has 2 aliphatic rings. The van der Waals surface area contributed by atoms with Crippen LogP contribution in [0.1, 0.15) is 59.3 Å². The first-order valence-corrected chi connectivity index (χ1v) is 9.27. The first-order chi connectivity index (χ1) is 10.2. The van der Waals surface area contributed by atoms with E-state index < -0.39 is 0 Å². The Morgan fingerprint density at radius 1 is 1.14 bits per heavy atom. The molecule has 2 unspecified atom stereocenters. The van der Waals surface area contributed by atoms with Crippen LogP contribution in [0.15, 0.2) is 0 Å². The van der Waals surface area contributed by atoms with Crippen LogP contribution in [0.3, 0.4) is 0 Å². The van der Waals surface area contributed by atoms with Gasteiger partial charge in [-0.05, 0) is 31.1 Å². The summed E-state index contributed by atoms with van der Waals surface area (Å²) in [7, 11) is 0. The third-order valence-corrected chi connectivity index (χ3v) is 5.36. The zero-order chi connectivity index (χ0) is 15.1. The van der Waals surface area contributed by atoms with Gasteiger partial charge in [0.1, 0.15) is 0 Å². The van der Waals surface area contributed by atoms with Crippen molar-refractivity contribution >= 4 is 0 Å². The van der Waals surface area contributed by atoms with E-state index in [0.29, 0.717) is 6.04 Å². The Labute approximate surface area is 131 Å². The van der Waals surface area contributed by atoms with E-state index in [1.807, 2.05) is 0 Å². The van der Waals surface area contributed by atoms with E-state index in [2.05, 4.69) is 31.0 Å². The Hall–Kier alpha value is -0.120. The average Bonchev–Trinajstić information content (AvgIpc) is 2.52. The summed E-state index contributed by atoms with van der Waals surface area (Å²) in [6, 6.07) is 1.39. The van der Waals surface area contributed by atoms with E-state index in [-0.39, 0.29) is 0 Å². The molecular weight excluding hydrogens is 260 g/mol. The molecular formula is C18H36N2O. The fourth-order valence-corrected chi connectivity index (χ4v) is 3.97. The van der Waals surface area contributed by atoms with Gasteiger partial charge in [-0.2, -0.15) is 0 Å². The molecule has 1 saturated heterocycles. The topological polar surface area (TPSA) is 24.5 Å². The molecule has 0 aromatic heterocycles. The third-order valence-electron chi connectivity index (χ3n) is 5.36. The van der Waals surface area contributed by atoms with Crippen molar-refractivity contribution in [2.24, 2.45) is 11.8 Å². The highest BCUT2D eigenvalue weighted by atomic mass is 16.5. The van der Waals surface area contributed by atoms with Crippen LogP contribution < -0.4 is 5.32 Å². The Morgan fingerprint density at radius 2 is 1.90 bits per heavy atom. The summed E-state index contributed by atoms with van der Waals surface area (Å²) in [5.41, 5.74) is 0. The van der Waals surface area contributed by atoms with Crippen molar-refractivity contribution in [3.05, 3.63) is 0 Å². The minimum Gasteiger partial charge on any atom is -0.380 e. The third kappa shape index (κ3) is 5.22. The van der Waals surface area contributed by atoms with Gasteiger partial charge in [-0.1, -0.05) is 40.0 Å². The maximum Gasteiger partial charge on any atom is 0.0593 e. The normalized spacial score (nSPS) is 29.1. The number of hydrogen-bond acceptors (Lipinski definition) is 3. The van der Waals surface area contributed by atoms with Crippen LogP contribution in [-0.2, 0) is 4.74 Å². The van der Waals surface area contributed by atoms with E-state index in [1.165, 1.54) is 45.2 Å². The van der Waals surface area contributed by atoms with Crippen molar-refractivity contribution in [1.82, 2.24) is 10.2 Å². The standard InChI is InChI=1S/C18H36N2O/c1-4-11-21-12-10-20-14-17(15(2)3)19-13-18(20)16-8-6-5-7-9-16/h15-19H,4-14H2,1-3H3. The number of piperazine rings is 1. The summed E-state index contributed by atoms with van der Waals surface area (Å²) < 4.78 is 5.75.